The van der Waals surface area contributed by atoms with Crippen molar-refractivity contribution in [2.45, 2.75) is 0 Å². The molecule has 1 aromatic carbocycles. The van der Waals surface area contributed by atoms with Gasteiger partial charge in [0, 0.05) is 31.7 Å². The van der Waals surface area contributed by atoms with E-state index in [4.69, 9.17) is 0 Å². The van der Waals surface area contributed by atoms with Gasteiger partial charge in [0.05, 0.1) is 0 Å². The Morgan fingerprint density at radius 3 is 2.08 bits per heavy atom. The summed E-state index contributed by atoms with van der Waals surface area (Å²) in [7, 11) is 0. The normalized spacial score (nSPS) is 14.8. The summed E-state index contributed by atoms with van der Waals surface area (Å²) in [5.74, 6) is -7.62. The van der Waals surface area contributed by atoms with Crippen molar-refractivity contribution in [1.29, 1.82) is 0 Å². The Labute approximate surface area is 139 Å². The summed E-state index contributed by atoms with van der Waals surface area (Å²) in [6.45, 7) is 0.0230. The van der Waals surface area contributed by atoms with E-state index in [1.54, 1.807) is 0 Å². The van der Waals surface area contributed by atoms with Crippen LogP contribution in [0.4, 0.5) is 27.6 Å². The number of carbonyl (C=O) groups is 1. The maximum absolute atomic E-state index is 13.8. The third-order valence-electron chi connectivity index (χ3n) is 3.93. The van der Waals surface area contributed by atoms with Crippen LogP contribution in [0, 0.1) is 29.3 Å². The quantitative estimate of drug-likeness (QED) is 0.613. The van der Waals surface area contributed by atoms with Crippen LogP contribution in [0.15, 0.2) is 24.3 Å². The van der Waals surface area contributed by atoms with Crippen molar-refractivity contribution in [3.8, 4) is 0 Å². The van der Waals surface area contributed by atoms with E-state index < -0.39 is 40.9 Å². The lowest BCUT2D eigenvalue weighted by molar-refractivity contribution is 0.0745. The minimum absolute atomic E-state index is 0.0439. The topological polar surface area (TPSA) is 36.4 Å². The Hall–Kier alpha value is -2.71. The number of nitrogens with zero attached hydrogens (tertiary/aromatic N) is 3. The SMILES string of the molecule is O=C(c1cccc(F)c1)N1CCN(c2c(F)c(F)nc(F)c2F)CC1. The van der Waals surface area contributed by atoms with Crippen molar-refractivity contribution >= 4 is 11.6 Å². The molecule has 1 aromatic heterocycles. The minimum atomic E-state index is -1.73. The van der Waals surface area contributed by atoms with Gasteiger partial charge in [-0.3, -0.25) is 4.79 Å². The fourth-order valence-corrected chi connectivity index (χ4v) is 2.69. The molecule has 1 fully saturated rings. The van der Waals surface area contributed by atoms with Gasteiger partial charge in [0.1, 0.15) is 11.5 Å². The lowest BCUT2D eigenvalue weighted by atomic mass is 10.1. The number of piperazine rings is 1. The van der Waals surface area contributed by atoms with E-state index >= 15 is 0 Å². The first kappa shape index (κ1) is 17.1. The molecule has 0 atom stereocenters. The minimum Gasteiger partial charge on any atom is -0.363 e. The average molecular weight is 357 g/mol. The number of pyridine rings is 1. The molecule has 1 aliphatic heterocycles. The highest BCUT2D eigenvalue weighted by Gasteiger charge is 2.29. The predicted molar refractivity (Wildman–Crippen MR) is 78.6 cm³/mol. The molecule has 3 rings (SSSR count). The summed E-state index contributed by atoms with van der Waals surface area (Å²) in [5.41, 5.74) is -0.699. The van der Waals surface area contributed by atoms with E-state index in [1.807, 2.05) is 0 Å². The Morgan fingerprint density at radius 1 is 0.920 bits per heavy atom. The average Bonchev–Trinajstić information content (AvgIpc) is 2.60. The van der Waals surface area contributed by atoms with Crippen LogP contribution < -0.4 is 4.90 Å². The molecule has 1 saturated heterocycles. The molecule has 0 aliphatic carbocycles. The highest BCUT2D eigenvalue weighted by atomic mass is 19.2. The summed E-state index contributed by atoms with van der Waals surface area (Å²) in [6, 6.07) is 5.13. The molecule has 132 valence electrons. The fourth-order valence-electron chi connectivity index (χ4n) is 2.69. The smallest absolute Gasteiger partial charge is 0.254 e. The lowest BCUT2D eigenvalue weighted by Crippen LogP contribution is -2.49. The van der Waals surface area contributed by atoms with Crippen molar-refractivity contribution in [3.63, 3.8) is 0 Å². The molecule has 0 unspecified atom stereocenters. The van der Waals surface area contributed by atoms with E-state index in [2.05, 4.69) is 4.98 Å². The van der Waals surface area contributed by atoms with Crippen LogP contribution in [0.1, 0.15) is 10.4 Å². The molecule has 9 heteroatoms. The number of rotatable bonds is 2. The van der Waals surface area contributed by atoms with E-state index in [9.17, 15) is 26.7 Å². The Balaban J connectivity index is 1.76. The van der Waals surface area contributed by atoms with Gasteiger partial charge in [-0.1, -0.05) is 6.07 Å². The largest absolute Gasteiger partial charge is 0.363 e. The van der Waals surface area contributed by atoms with Gasteiger partial charge < -0.3 is 9.80 Å². The molecule has 2 heterocycles. The second-order valence-electron chi connectivity index (χ2n) is 5.46. The van der Waals surface area contributed by atoms with Crippen molar-refractivity contribution in [2.24, 2.45) is 0 Å². The van der Waals surface area contributed by atoms with Crippen molar-refractivity contribution in [1.82, 2.24) is 9.88 Å². The summed E-state index contributed by atoms with van der Waals surface area (Å²) in [5, 5.41) is 0. The number of hydrogen-bond donors (Lipinski definition) is 0. The molecule has 0 N–H and O–H groups in total. The first-order chi connectivity index (χ1) is 11.9. The first-order valence-electron chi connectivity index (χ1n) is 7.38. The molecular formula is C16H12F5N3O. The molecular weight excluding hydrogens is 345 g/mol. The van der Waals surface area contributed by atoms with Crippen molar-refractivity contribution < 1.29 is 26.7 Å². The van der Waals surface area contributed by atoms with Crippen LogP contribution in [0.5, 0.6) is 0 Å². The number of halogens is 5. The maximum atomic E-state index is 13.8. The molecule has 0 radical (unpaired) electrons. The van der Waals surface area contributed by atoms with Gasteiger partial charge in [-0.2, -0.15) is 22.5 Å². The molecule has 1 amide bonds. The van der Waals surface area contributed by atoms with Gasteiger partial charge in [-0.15, -0.1) is 0 Å². The van der Waals surface area contributed by atoms with Crippen molar-refractivity contribution in [3.05, 3.63) is 59.2 Å². The van der Waals surface area contributed by atoms with Crippen LogP contribution in [0.2, 0.25) is 0 Å². The Morgan fingerprint density at radius 2 is 1.52 bits per heavy atom. The van der Waals surface area contributed by atoms with Gasteiger partial charge in [0.25, 0.3) is 17.8 Å². The zero-order valence-electron chi connectivity index (χ0n) is 12.8. The van der Waals surface area contributed by atoms with E-state index in [1.165, 1.54) is 23.1 Å². The zero-order chi connectivity index (χ0) is 18.1. The van der Waals surface area contributed by atoms with Crippen LogP contribution >= 0.6 is 0 Å². The number of anilines is 1. The summed E-state index contributed by atoms with van der Waals surface area (Å²) < 4.78 is 67.2. The lowest BCUT2D eigenvalue weighted by Gasteiger charge is -2.36. The summed E-state index contributed by atoms with van der Waals surface area (Å²) >= 11 is 0. The monoisotopic (exact) mass is 357 g/mol. The van der Waals surface area contributed by atoms with Crippen LogP contribution in [-0.4, -0.2) is 42.0 Å². The van der Waals surface area contributed by atoms with E-state index in [-0.39, 0.29) is 31.7 Å². The molecule has 25 heavy (non-hydrogen) atoms. The van der Waals surface area contributed by atoms with Gasteiger partial charge in [0.15, 0.2) is 0 Å². The van der Waals surface area contributed by atoms with E-state index in [0.29, 0.717) is 0 Å². The Kier molecular flexibility index (Phi) is 4.56. The third kappa shape index (κ3) is 3.26. The molecule has 0 bridgehead atoms. The standard InChI is InChI=1S/C16H12F5N3O/c17-10-3-1-2-9(8-10)16(25)24-6-4-23(5-7-24)13-11(18)14(20)22-15(21)12(13)19/h1-3,8H,4-7H2. The summed E-state index contributed by atoms with van der Waals surface area (Å²) in [4.78, 5) is 17.3. The summed E-state index contributed by atoms with van der Waals surface area (Å²) in [6.07, 6.45) is 0. The highest BCUT2D eigenvalue weighted by Crippen LogP contribution is 2.27. The van der Waals surface area contributed by atoms with Crippen molar-refractivity contribution in [2.75, 3.05) is 31.1 Å². The molecule has 0 saturated carbocycles. The van der Waals surface area contributed by atoms with Gasteiger partial charge in [0.2, 0.25) is 11.6 Å². The van der Waals surface area contributed by atoms with E-state index in [0.717, 1.165) is 11.0 Å². The number of carbonyl (C=O) groups excluding carboxylic acids is 1. The molecule has 4 nitrogen and oxygen atoms in total. The second kappa shape index (κ2) is 6.66. The first-order valence-corrected chi connectivity index (χ1v) is 7.38. The Bertz CT molecular complexity index is 795. The predicted octanol–water partition coefficient (Wildman–Crippen LogP) is 2.74. The van der Waals surface area contributed by atoms with Crippen LogP contribution in [0.25, 0.3) is 0 Å². The zero-order valence-corrected chi connectivity index (χ0v) is 12.8. The third-order valence-corrected chi connectivity index (χ3v) is 3.93. The van der Waals surface area contributed by atoms with Gasteiger partial charge in [-0.25, -0.2) is 4.39 Å². The fraction of sp³-hybridized carbons (Fsp3) is 0.250. The number of amides is 1. The van der Waals surface area contributed by atoms with Crippen LogP contribution in [0.3, 0.4) is 0 Å². The maximum Gasteiger partial charge on any atom is 0.254 e. The van der Waals surface area contributed by atoms with Gasteiger partial charge in [-0.05, 0) is 18.2 Å². The molecule has 1 aliphatic rings. The van der Waals surface area contributed by atoms with Crippen LogP contribution in [-0.2, 0) is 0 Å². The second-order valence-corrected chi connectivity index (χ2v) is 5.46. The molecule has 2 aromatic rings. The van der Waals surface area contributed by atoms with Gasteiger partial charge >= 0.3 is 0 Å². The number of benzene rings is 1. The number of aromatic nitrogens is 1. The number of hydrogen-bond acceptors (Lipinski definition) is 3. The molecule has 0 spiro atoms. The highest BCUT2D eigenvalue weighted by molar-refractivity contribution is 5.94.